The second kappa shape index (κ2) is 11.3. The second-order valence-electron chi connectivity index (χ2n) is 7.87. The lowest BCUT2D eigenvalue weighted by atomic mass is 9.85. The Kier molecular flexibility index (Phi) is 8.79. The number of piperidine rings is 1. The number of para-hydroxylation sites is 1. The van der Waals surface area contributed by atoms with Crippen molar-refractivity contribution in [1.82, 2.24) is 19.6 Å². The molecule has 1 aliphatic heterocycles. The van der Waals surface area contributed by atoms with Crippen molar-refractivity contribution < 1.29 is 9.59 Å². The minimum absolute atomic E-state index is 0.0651. The van der Waals surface area contributed by atoms with Gasteiger partial charge in [0.1, 0.15) is 5.56 Å². The highest BCUT2D eigenvalue weighted by Crippen LogP contribution is 2.35. The maximum atomic E-state index is 12.4. The standard InChI is InChI=1S/C21H27N7O2.C2H6/c1-26(2)15-18(29)27-12-9-21(8-11-22,10-13-27)28-14-17(19(23)30)20(25-28)24-16-6-4-3-5-7-16;1-2/h3-7,14H,8-10,12-13,15H2,1-2H3,(H2,23,30)(H,24,25);1-2H3. The van der Waals surface area contributed by atoms with Gasteiger partial charge in [0.15, 0.2) is 5.82 Å². The SMILES string of the molecule is CC.CN(C)CC(=O)N1CCC(CC#N)(n2cc(C(N)=O)c(Nc3ccccc3)n2)CC1. The van der Waals surface area contributed by atoms with E-state index in [-0.39, 0.29) is 17.9 Å². The maximum absolute atomic E-state index is 12.4. The molecule has 172 valence electrons. The van der Waals surface area contributed by atoms with Crippen molar-refractivity contribution in [3.63, 3.8) is 0 Å². The normalized spacial score (nSPS) is 14.8. The summed E-state index contributed by atoms with van der Waals surface area (Å²) in [4.78, 5) is 28.1. The molecule has 0 saturated carbocycles. The smallest absolute Gasteiger partial charge is 0.254 e. The molecule has 0 radical (unpaired) electrons. The van der Waals surface area contributed by atoms with Crippen LogP contribution in [0.25, 0.3) is 0 Å². The van der Waals surface area contributed by atoms with Crippen LogP contribution in [0.4, 0.5) is 11.5 Å². The maximum Gasteiger partial charge on any atom is 0.254 e. The van der Waals surface area contributed by atoms with Gasteiger partial charge in [-0.25, -0.2) is 0 Å². The monoisotopic (exact) mass is 439 g/mol. The van der Waals surface area contributed by atoms with Gasteiger partial charge < -0.3 is 20.9 Å². The molecule has 3 N–H and O–H groups in total. The average molecular weight is 440 g/mol. The van der Waals surface area contributed by atoms with Gasteiger partial charge >= 0.3 is 0 Å². The van der Waals surface area contributed by atoms with Gasteiger partial charge in [-0.2, -0.15) is 10.4 Å². The number of amides is 2. The van der Waals surface area contributed by atoms with E-state index in [4.69, 9.17) is 5.73 Å². The number of nitrogens with zero attached hydrogens (tertiary/aromatic N) is 5. The first-order valence-corrected chi connectivity index (χ1v) is 10.9. The van der Waals surface area contributed by atoms with E-state index in [1.807, 2.05) is 68.1 Å². The summed E-state index contributed by atoms with van der Waals surface area (Å²) in [6.07, 6.45) is 2.99. The molecule has 1 saturated heterocycles. The molecule has 3 rings (SSSR count). The minimum atomic E-state index is -0.593. The van der Waals surface area contributed by atoms with E-state index in [1.54, 1.807) is 10.9 Å². The van der Waals surface area contributed by atoms with E-state index in [2.05, 4.69) is 16.5 Å². The van der Waals surface area contributed by atoms with Crippen LogP contribution in [0.2, 0.25) is 0 Å². The van der Waals surface area contributed by atoms with Crippen LogP contribution in [0.5, 0.6) is 0 Å². The Balaban J connectivity index is 0.00000176. The van der Waals surface area contributed by atoms with Crippen molar-refractivity contribution in [3.8, 4) is 6.07 Å². The molecule has 1 aliphatic rings. The molecule has 0 bridgehead atoms. The first kappa shape index (κ1) is 24.9. The molecular formula is C23H33N7O2. The Bertz CT molecular complexity index is 939. The van der Waals surface area contributed by atoms with Gasteiger partial charge in [0.05, 0.1) is 24.6 Å². The Labute approximate surface area is 189 Å². The number of nitrogens with one attached hydrogen (secondary N) is 1. The number of hydrogen-bond acceptors (Lipinski definition) is 6. The Morgan fingerprint density at radius 1 is 1.22 bits per heavy atom. The lowest BCUT2D eigenvalue weighted by Crippen LogP contribution is -2.50. The lowest BCUT2D eigenvalue weighted by Gasteiger charge is -2.41. The van der Waals surface area contributed by atoms with Crippen LogP contribution in [-0.4, -0.2) is 65.1 Å². The molecule has 1 aromatic carbocycles. The van der Waals surface area contributed by atoms with Gasteiger partial charge in [0.25, 0.3) is 5.91 Å². The number of primary amides is 1. The van der Waals surface area contributed by atoms with Crippen LogP contribution in [0.15, 0.2) is 36.5 Å². The zero-order valence-corrected chi connectivity index (χ0v) is 19.3. The first-order valence-electron chi connectivity index (χ1n) is 10.9. The molecule has 1 aromatic heterocycles. The van der Waals surface area contributed by atoms with Crippen molar-refractivity contribution in [2.45, 2.75) is 38.6 Å². The Morgan fingerprint density at radius 2 is 1.84 bits per heavy atom. The van der Waals surface area contributed by atoms with Gasteiger partial charge in [0.2, 0.25) is 5.91 Å². The quantitative estimate of drug-likeness (QED) is 0.684. The predicted molar refractivity (Wildman–Crippen MR) is 124 cm³/mol. The Morgan fingerprint density at radius 3 is 2.38 bits per heavy atom. The highest BCUT2D eigenvalue weighted by Gasteiger charge is 2.39. The summed E-state index contributed by atoms with van der Waals surface area (Å²) >= 11 is 0. The third-order valence-electron chi connectivity index (χ3n) is 5.41. The summed E-state index contributed by atoms with van der Waals surface area (Å²) in [5.41, 5.74) is 6.04. The van der Waals surface area contributed by atoms with E-state index in [1.165, 1.54) is 0 Å². The fourth-order valence-corrected chi connectivity index (χ4v) is 3.72. The van der Waals surface area contributed by atoms with Crippen LogP contribution in [0.3, 0.4) is 0 Å². The van der Waals surface area contributed by atoms with Crippen LogP contribution >= 0.6 is 0 Å². The van der Waals surface area contributed by atoms with E-state index in [0.29, 0.717) is 38.3 Å². The van der Waals surface area contributed by atoms with Gasteiger partial charge in [-0.05, 0) is 39.1 Å². The molecule has 0 atom stereocenters. The third kappa shape index (κ3) is 5.86. The van der Waals surface area contributed by atoms with Gasteiger partial charge in [-0.1, -0.05) is 32.0 Å². The van der Waals surface area contributed by atoms with Gasteiger partial charge in [-0.3, -0.25) is 14.3 Å². The zero-order chi connectivity index (χ0) is 23.7. The molecule has 0 spiro atoms. The molecule has 32 heavy (non-hydrogen) atoms. The van der Waals surface area contributed by atoms with Crippen molar-refractivity contribution >= 4 is 23.3 Å². The van der Waals surface area contributed by atoms with E-state index in [9.17, 15) is 14.9 Å². The molecule has 9 heteroatoms. The van der Waals surface area contributed by atoms with Crippen LogP contribution in [-0.2, 0) is 10.3 Å². The fraction of sp³-hybridized carbons (Fsp3) is 0.478. The topological polar surface area (TPSA) is 120 Å². The second-order valence-corrected chi connectivity index (χ2v) is 7.87. The third-order valence-corrected chi connectivity index (χ3v) is 5.41. The highest BCUT2D eigenvalue weighted by molar-refractivity contribution is 5.98. The summed E-state index contributed by atoms with van der Waals surface area (Å²) in [6, 6.07) is 11.6. The molecule has 2 heterocycles. The minimum Gasteiger partial charge on any atom is -0.365 e. The summed E-state index contributed by atoms with van der Waals surface area (Å²) in [7, 11) is 3.72. The van der Waals surface area contributed by atoms with E-state index >= 15 is 0 Å². The van der Waals surface area contributed by atoms with Crippen molar-refractivity contribution in [2.75, 3.05) is 39.0 Å². The first-order chi connectivity index (χ1) is 15.3. The number of aromatic nitrogens is 2. The summed E-state index contributed by atoms with van der Waals surface area (Å²) < 4.78 is 1.69. The van der Waals surface area contributed by atoms with Crippen LogP contribution in [0.1, 0.15) is 43.5 Å². The van der Waals surface area contributed by atoms with Crippen LogP contribution < -0.4 is 11.1 Å². The average Bonchev–Trinajstić information content (AvgIpc) is 3.21. The van der Waals surface area contributed by atoms with E-state index in [0.717, 1.165) is 5.69 Å². The van der Waals surface area contributed by atoms with E-state index < -0.39 is 11.4 Å². The molecule has 2 amide bonds. The molecule has 0 aliphatic carbocycles. The molecule has 9 nitrogen and oxygen atoms in total. The number of nitrogens with two attached hydrogens (primary N) is 1. The molecule has 1 fully saturated rings. The summed E-state index contributed by atoms with van der Waals surface area (Å²) in [5, 5.41) is 17.2. The van der Waals surface area contributed by atoms with Crippen molar-refractivity contribution in [1.29, 1.82) is 5.26 Å². The summed E-state index contributed by atoms with van der Waals surface area (Å²) in [6.45, 7) is 5.41. The highest BCUT2D eigenvalue weighted by atomic mass is 16.2. The number of likely N-dealkylation sites (tertiary alicyclic amines) is 1. The number of carbonyl (C=O) groups is 2. The largest absolute Gasteiger partial charge is 0.365 e. The molecular weight excluding hydrogens is 406 g/mol. The van der Waals surface area contributed by atoms with Gasteiger partial charge in [-0.15, -0.1) is 0 Å². The number of rotatable bonds is 7. The number of anilines is 2. The number of hydrogen-bond donors (Lipinski definition) is 2. The fourth-order valence-electron chi connectivity index (χ4n) is 3.72. The predicted octanol–water partition coefficient (Wildman–Crippen LogP) is 2.54. The van der Waals surface area contributed by atoms with Crippen LogP contribution in [0, 0.1) is 11.3 Å². The molecule has 2 aromatic rings. The lowest BCUT2D eigenvalue weighted by molar-refractivity contribution is -0.134. The van der Waals surface area contributed by atoms with Gasteiger partial charge in [0, 0.05) is 25.0 Å². The zero-order valence-electron chi connectivity index (χ0n) is 19.3. The number of likely N-dealkylation sites (N-methyl/N-ethyl adjacent to an activating group) is 1. The molecule has 0 unspecified atom stereocenters. The van der Waals surface area contributed by atoms with Crippen molar-refractivity contribution in [3.05, 3.63) is 42.1 Å². The number of benzene rings is 1. The number of carbonyl (C=O) groups excluding carboxylic acids is 2. The van der Waals surface area contributed by atoms with Crippen molar-refractivity contribution in [2.24, 2.45) is 5.73 Å². The summed E-state index contributed by atoms with van der Waals surface area (Å²) in [5.74, 6) is -0.169. The number of nitriles is 1. The Hall–Kier alpha value is -3.38.